The van der Waals surface area contributed by atoms with Gasteiger partial charge < -0.3 is 15.5 Å². The summed E-state index contributed by atoms with van der Waals surface area (Å²) >= 11 is 0. The SMILES string of the molecule is C=C(C)C(=O)CCCCCCC(N)P(=O)(O)O. The quantitative estimate of drug-likeness (QED) is 0.335. The Kier molecular flexibility index (Phi) is 7.55. The smallest absolute Gasteiger partial charge is 0.323 e. The van der Waals surface area contributed by atoms with Gasteiger partial charge in [0.05, 0.1) is 0 Å². The normalized spacial score (nSPS) is 13.4. The largest absolute Gasteiger partial charge is 0.342 e. The van der Waals surface area contributed by atoms with Gasteiger partial charge in [-0.15, -0.1) is 0 Å². The van der Waals surface area contributed by atoms with Crippen molar-refractivity contribution in [1.29, 1.82) is 0 Å². The molecule has 0 aliphatic rings. The average Bonchev–Trinajstić information content (AvgIpc) is 2.20. The molecular formula is C11H22NO4P. The molecular weight excluding hydrogens is 241 g/mol. The van der Waals surface area contributed by atoms with Crippen LogP contribution in [0, 0.1) is 0 Å². The summed E-state index contributed by atoms with van der Waals surface area (Å²) in [6.07, 6.45) is 3.98. The van der Waals surface area contributed by atoms with E-state index in [0.29, 0.717) is 24.8 Å². The summed E-state index contributed by atoms with van der Waals surface area (Å²) < 4.78 is 10.7. The predicted molar refractivity (Wildman–Crippen MR) is 67.5 cm³/mol. The molecule has 0 aromatic carbocycles. The highest BCUT2D eigenvalue weighted by Crippen LogP contribution is 2.40. The van der Waals surface area contributed by atoms with Crippen LogP contribution in [0.15, 0.2) is 12.2 Å². The van der Waals surface area contributed by atoms with Crippen LogP contribution in [0.25, 0.3) is 0 Å². The third-order valence-electron chi connectivity index (χ3n) is 2.56. The average molecular weight is 263 g/mol. The van der Waals surface area contributed by atoms with Crippen molar-refractivity contribution in [2.24, 2.45) is 5.73 Å². The molecule has 4 N–H and O–H groups in total. The van der Waals surface area contributed by atoms with Gasteiger partial charge in [0, 0.05) is 6.42 Å². The zero-order valence-corrected chi connectivity index (χ0v) is 11.2. The Morgan fingerprint density at radius 1 is 1.29 bits per heavy atom. The van der Waals surface area contributed by atoms with Crippen LogP contribution in [0.1, 0.15) is 45.4 Å². The van der Waals surface area contributed by atoms with Gasteiger partial charge in [-0.3, -0.25) is 9.36 Å². The van der Waals surface area contributed by atoms with E-state index in [-0.39, 0.29) is 5.78 Å². The van der Waals surface area contributed by atoms with Gasteiger partial charge in [-0.1, -0.05) is 25.8 Å². The van der Waals surface area contributed by atoms with Gasteiger partial charge in [0.1, 0.15) is 5.78 Å². The first kappa shape index (κ1) is 16.5. The van der Waals surface area contributed by atoms with Crippen molar-refractivity contribution in [2.75, 3.05) is 0 Å². The first-order chi connectivity index (χ1) is 7.75. The molecule has 100 valence electrons. The number of ketones is 1. The van der Waals surface area contributed by atoms with Gasteiger partial charge in [-0.05, 0) is 25.3 Å². The van der Waals surface area contributed by atoms with Crippen LogP contribution in [0.3, 0.4) is 0 Å². The number of allylic oxidation sites excluding steroid dienone is 1. The fourth-order valence-electron chi connectivity index (χ4n) is 1.37. The zero-order valence-electron chi connectivity index (χ0n) is 10.3. The first-order valence-electron chi connectivity index (χ1n) is 5.74. The number of Topliss-reactive ketones (excluding diaryl/α,β-unsaturated/α-hetero) is 1. The van der Waals surface area contributed by atoms with Crippen LogP contribution >= 0.6 is 7.60 Å². The Labute approximate surface area is 102 Å². The van der Waals surface area contributed by atoms with Crippen molar-refractivity contribution >= 4 is 13.4 Å². The molecule has 1 unspecified atom stereocenters. The van der Waals surface area contributed by atoms with Gasteiger partial charge in [-0.25, -0.2) is 0 Å². The lowest BCUT2D eigenvalue weighted by Crippen LogP contribution is -2.19. The van der Waals surface area contributed by atoms with Crippen molar-refractivity contribution in [3.63, 3.8) is 0 Å². The lowest BCUT2D eigenvalue weighted by atomic mass is 10.1. The minimum Gasteiger partial charge on any atom is -0.323 e. The maximum Gasteiger partial charge on any atom is 0.342 e. The van der Waals surface area contributed by atoms with Gasteiger partial charge in [0.15, 0.2) is 5.78 Å². The van der Waals surface area contributed by atoms with Crippen molar-refractivity contribution in [2.45, 2.75) is 51.2 Å². The molecule has 0 bridgehead atoms. The van der Waals surface area contributed by atoms with Crippen molar-refractivity contribution in [3.05, 3.63) is 12.2 Å². The fourth-order valence-corrected chi connectivity index (χ4v) is 1.89. The second-order valence-corrected chi connectivity index (χ2v) is 6.15. The molecule has 0 aliphatic heterocycles. The van der Waals surface area contributed by atoms with E-state index in [4.69, 9.17) is 15.5 Å². The lowest BCUT2D eigenvalue weighted by Gasteiger charge is -2.12. The van der Waals surface area contributed by atoms with E-state index in [0.717, 1.165) is 19.3 Å². The summed E-state index contributed by atoms with van der Waals surface area (Å²) in [5, 5.41) is 0. The number of rotatable bonds is 9. The van der Waals surface area contributed by atoms with E-state index < -0.39 is 13.4 Å². The van der Waals surface area contributed by atoms with E-state index >= 15 is 0 Å². The second kappa shape index (κ2) is 7.77. The van der Waals surface area contributed by atoms with Crippen LogP contribution in [0.4, 0.5) is 0 Å². The molecule has 0 aromatic heterocycles. The Morgan fingerprint density at radius 3 is 2.29 bits per heavy atom. The molecule has 17 heavy (non-hydrogen) atoms. The summed E-state index contributed by atoms with van der Waals surface area (Å²) in [7, 11) is -4.13. The summed E-state index contributed by atoms with van der Waals surface area (Å²) in [6, 6.07) is 0. The summed E-state index contributed by atoms with van der Waals surface area (Å²) in [4.78, 5) is 28.7. The van der Waals surface area contributed by atoms with Crippen LogP contribution in [-0.2, 0) is 9.36 Å². The third-order valence-corrected chi connectivity index (χ3v) is 3.68. The minimum atomic E-state index is -4.13. The van der Waals surface area contributed by atoms with E-state index in [1.54, 1.807) is 6.92 Å². The molecule has 0 fully saturated rings. The molecule has 0 rings (SSSR count). The number of nitrogens with two attached hydrogens (primary N) is 1. The second-order valence-electron chi connectivity index (χ2n) is 4.31. The van der Waals surface area contributed by atoms with Crippen molar-refractivity contribution < 1.29 is 19.1 Å². The highest BCUT2D eigenvalue weighted by Gasteiger charge is 2.23. The highest BCUT2D eigenvalue weighted by atomic mass is 31.2. The van der Waals surface area contributed by atoms with Gasteiger partial charge in [0.2, 0.25) is 0 Å². The molecule has 0 amide bonds. The molecule has 1 atom stereocenters. The number of hydrogen-bond acceptors (Lipinski definition) is 3. The Hall–Kier alpha value is -0.480. The maximum absolute atomic E-state index is 11.2. The monoisotopic (exact) mass is 263 g/mol. The van der Waals surface area contributed by atoms with Crippen LogP contribution in [0.5, 0.6) is 0 Å². The number of unbranched alkanes of at least 4 members (excludes halogenated alkanes) is 3. The number of hydrogen-bond donors (Lipinski definition) is 3. The van der Waals surface area contributed by atoms with E-state index in [2.05, 4.69) is 6.58 Å². The zero-order chi connectivity index (χ0) is 13.5. The first-order valence-corrected chi connectivity index (χ1v) is 7.43. The maximum atomic E-state index is 11.2. The molecule has 0 heterocycles. The molecule has 6 heteroatoms. The molecule has 0 radical (unpaired) electrons. The van der Waals surface area contributed by atoms with Crippen molar-refractivity contribution in [3.8, 4) is 0 Å². The van der Waals surface area contributed by atoms with E-state index in [9.17, 15) is 9.36 Å². The standard InChI is InChI=1S/C11H22NO4P/c1-9(2)10(13)7-5-3-4-6-8-11(12)17(14,15)16/h11H,1,3-8,12H2,2H3,(H2,14,15,16). The minimum absolute atomic E-state index is 0.0805. The summed E-state index contributed by atoms with van der Waals surface area (Å²) in [6.45, 7) is 5.26. The lowest BCUT2D eigenvalue weighted by molar-refractivity contribution is -0.115. The Morgan fingerprint density at radius 2 is 1.82 bits per heavy atom. The van der Waals surface area contributed by atoms with Crippen LogP contribution in [0.2, 0.25) is 0 Å². The number of carbonyl (C=O) groups is 1. The topological polar surface area (TPSA) is 101 Å². The Balaban J connectivity index is 3.51. The Bertz CT molecular complexity index is 311. The fraction of sp³-hybridized carbons (Fsp3) is 0.727. The summed E-state index contributed by atoms with van der Waals surface area (Å²) in [5.74, 6) is -0.975. The van der Waals surface area contributed by atoms with Crippen LogP contribution in [-0.4, -0.2) is 21.4 Å². The van der Waals surface area contributed by atoms with Gasteiger partial charge in [-0.2, -0.15) is 0 Å². The van der Waals surface area contributed by atoms with Crippen molar-refractivity contribution in [1.82, 2.24) is 0 Å². The van der Waals surface area contributed by atoms with Gasteiger partial charge in [0.25, 0.3) is 0 Å². The summed E-state index contributed by atoms with van der Waals surface area (Å²) in [5.41, 5.74) is 5.90. The molecule has 0 saturated carbocycles. The van der Waals surface area contributed by atoms with Gasteiger partial charge >= 0.3 is 7.60 Å². The van der Waals surface area contributed by atoms with E-state index in [1.165, 1.54) is 0 Å². The highest BCUT2D eigenvalue weighted by molar-refractivity contribution is 7.52. The third kappa shape index (κ3) is 8.27. The molecule has 5 nitrogen and oxygen atoms in total. The van der Waals surface area contributed by atoms with Crippen LogP contribution < -0.4 is 5.73 Å². The molecule has 0 saturated heterocycles. The van der Waals surface area contributed by atoms with E-state index in [1.807, 2.05) is 0 Å². The molecule has 0 aromatic rings. The number of carbonyl (C=O) groups excluding carboxylic acids is 1. The molecule has 0 spiro atoms. The molecule has 0 aliphatic carbocycles. The predicted octanol–water partition coefficient (Wildman–Crippen LogP) is 1.93.